The Hall–Kier alpha value is -2.14. The smallest absolute Gasteiger partial charge is 0.316 e. The average Bonchev–Trinajstić information content (AvgIpc) is 2.59. The first kappa shape index (κ1) is 15.7. The van der Waals surface area contributed by atoms with Gasteiger partial charge in [-0.3, -0.25) is 4.79 Å². The van der Waals surface area contributed by atoms with Gasteiger partial charge in [0.1, 0.15) is 6.10 Å². The first-order chi connectivity index (χ1) is 11.2. The van der Waals surface area contributed by atoms with Gasteiger partial charge in [-0.05, 0) is 37.8 Å². The van der Waals surface area contributed by atoms with E-state index in [-0.39, 0.29) is 18.1 Å². The fourth-order valence-corrected chi connectivity index (χ4v) is 2.79. The van der Waals surface area contributed by atoms with Crippen LogP contribution in [0.25, 0.3) is 0 Å². The van der Waals surface area contributed by atoms with Crippen molar-refractivity contribution >= 4 is 17.5 Å². The molecule has 0 bridgehead atoms. The average molecular weight is 332 g/mol. The number of rotatable bonds is 4. The van der Waals surface area contributed by atoms with Gasteiger partial charge in [-0.25, -0.2) is 9.97 Å². The number of carbonyl (C=O) groups excluding carboxylic acids is 1. The summed E-state index contributed by atoms with van der Waals surface area (Å²) in [6.07, 6.45) is 6.64. The van der Waals surface area contributed by atoms with Gasteiger partial charge >= 0.3 is 6.01 Å². The van der Waals surface area contributed by atoms with Crippen molar-refractivity contribution in [2.75, 3.05) is 0 Å². The molecule has 0 unspecified atom stereocenters. The molecule has 1 amide bonds. The monoisotopic (exact) mass is 331 g/mol. The molecule has 0 aliphatic heterocycles. The molecule has 3 rings (SSSR count). The van der Waals surface area contributed by atoms with Crippen molar-refractivity contribution in [1.29, 1.82) is 0 Å². The van der Waals surface area contributed by atoms with Crippen LogP contribution in [-0.4, -0.2) is 28.0 Å². The highest BCUT2D eigenvalue weighted by atomic mass is 35.5. The van der Waals surface area contributed by atoms with Gasteiger partial charge in [-0.1, -0.05) is 29.8 Å². The maximum Gasteiger partial charge on any atom is 0.316 e. The van der Waals surface area contributed by atoms with E-state index in [2.05, 4.69) is 15.3 Å². The molecule has 2 aromatic rings. The van der Waals surface area contributed by atoms with Gasteiger partial charge in [0.15, 0.2) is 0 Å². The van der Waals surface area contributed by atoms with Crippen LogP contribution in [0, 0.1) is 0 Å². The summed E-state index contributed by atoms with van der Waals surface area (Å²) in [5.41, 5.74) is 0.695. The van der Waals surface area contributed by atoms with Crippen LogP contribution in [-0.2, 0) is 0 Å². The van der Waals surface area contributed by atoms with Crippen LogP contribution in [0.5, 0.6) is 6.01 Å². The minimum absolute atomic E-state index is 0.0176. The molecule has 1 heterocycles. The highest BCUT2D eigenvalue weighted by Crippen LogP contribution is 2.22. The van der Waals surface area contributed by atoms with E-state index >= 15 is 0 Å². The molecular weight excluding hydrogens is 314 g/mol. The largest absolute Gasteiger partial charge is 0.460 e. The van der Waals surface area contributed by atoms with Crippen molar-refractivity contribution in [2.24, 2.45) is 0 Å². The van der Waals surface area contributed by atoms with E-state index in [9.17, 15) is 4.79 Å². The van der Waals surface area contributed by atoms with Crippen LogP contribution in [0.3, 0.4) is 0 Å². The summed E-state index contributed by atoms with van der Waals surface area (Å²) < 4.78 is 5.75. The molecule has 0 saturated heterocycles. The van der Waals surface area contributed by atoms with Crippen molar-refractivity contribution in [3.8, 4) is 6.01 Å². The summed E-state index contributed by atoms with van der Waals surface area (Å²) in [7, 11) is 0. The third kappa shape index (κ3) is 4.42. The van der Waals surface area contributed by atoms with Crippen molar-refractivity contribution in [2.45, 2.75) is 37.8 Å². The summed E-state index contributed by atoms with van der Waals surface area (Å²) in [5.74, 6) is -0.0176. The van der Waals surface area contributed by atoms with Gasteiger partial charge in [0.25, 0.3) is 5.91 Å². The number of aromatic nitrogens is 2. The number of nitrogens with one attached hydrogen (secondary N) is 1. The second kappa shape index (κ2) is 7.42. The van der Waals surface area contributed by atoms with E-state index in [1.165, 1.54) is 12.4 Å². The summed E-state index contributed by atoms with van der Waals surface area (Å²) >= 11 is 5.75. The second-order valence-corrected chi connectivity index (χ2v) is 6.05. The van der Waals surface area contributed by atoms with Gasteiger partial charge in [0, 0.05) is 11.6 Å². The first-order valence-corrected chi connectivity index (χ1v) is 8.08. The van der Waals surface area contributed by atoms with E-state index < -0.39 is 0 Å². The predicted octanol–water partition coefficient (Wildman–Crippen LogP) is 3.25. The number of amides is 1. The van der Waals surface area contributed by atoms with Crippen LogP contribution in [0.2, 0.25) is 5.02 Å². The Labute approximate surface area is 140 Å². The molecule has 0 atom stereocenters. The molecule has 0 radical (unpaired) electrons. The van der Waals surface area contributed by atoms with E-state index in [0.29, 0.717) is 16.6 Å². The zero-order valence-corrected chi connectivity index (χ0v) is 13.4. The topological polar surface area (TPSA) is 64.1 Å². The molecule has 0 spiro atoms. The lowest BCUT2D eigenvalue weighted by atomic mass is 9.92. The molecule has 5 nitrogen and oxygen atoms in total. The SMILES string of the molecule is O=C(NC1CCC(Oc2ncc(Cl)cn2)CC1)c1ccccc1. The normalized spacial score (nSPS) is 20.7. The maximum absolute atomic E-state index is 12.1. The van der Waals surface area contributed by atoms with Crippen molar-refractivity contribution in [3.63, 3.8) is 0 Å². The minimum Gasteiger partial charge on any atom is -0.460 e. The third-order valence-corrected chi connectivity index (χ3v) is 4.11. The maximum atomic E-state index is 12.1. The van der Waals surface area contributed by atoms with E-state index in [1.807, 2.05) is 30.3 Å². The van der Waals surface area contributed by atoms with Gasteiger partial charge in [0.05, 0.1) is 17.4 Å². The Morgan fingerprint density at radius 2 is 1.74 bits per heavy atom. The van der Waals surface area contributed by atoms with Gasteiger partial charge in [-0.2, -0.15) is 0 Å². The number of nitrogens with zero attached hydrogens (tertiary/aromatic N) is 2. The number of ether oxygens (including phenoxy) is 1. The molecule has 1 fully saturated rings. The fourth-order valence-electron chi connectivity index (χ4n) is 2.69. The molecular formula is C17H18ClN3O2. The molecule has 1 N–H and O–H groups in total. The van der Waals surface area contributed by atoms with Crippen LogP contribution in [0.1, 0.15) is 36.0 Å². The number of carbonyl (C=O) groups is 1. The van der Waals surface area contributed by atoms with Gasteiger partial charge in [0.2, 0.25) is 0 Å². The Morgan fingerprint density at radius 3 is 2.39 bits per heavy atom. The molecule has 1 aliphatic carbocycles. The molecule has 1 saturated carbocycles. The highest BCUT2D eigenvalue weighted by Gasteiger charge is 2.24. The number of benzene rings is 1. The number of hydrogen-bond donors (Lipinski definition) is 1. The third-order valence-electron chi connectivity index (χ3n) is 3.91. The fraction of sp³-hybridized carbons (Fsp3) is 0.353. The minimum atomic E-state index is -0.0176. The molecule has 23 heavy (non-hydrogen) atoms. The van der Waals surface area contributed by atoms with Gasteiger partial charge in [-0.15, -0.1) is 0 Å². The van der Waals surface area contributed by atoms with Crippen molar-refractivity contribution < 1.29 is 9.53 Å². The van der Waals surface area contributed by atoms with Gasteiger partial charge < -0.3 is 10.1 Å². The highest BCUT2D eigenvalue weighted by molar-refractivity contribution is 6.30. The molecule has 1 aliphatic rings. The van der Waals surface area contributed by atoms with E-state index in [4.69, 9.17) is 16.3 Å². The Kier molecular flexibility index (Phi) is 5.08. The van der Waals surface area contributed by atoms with Crippen LogP contribution in [0.15, 0.2) is 42.7 Å². The summed E-state index contributed by atoms with van der Waals surface area (Å²) in [5, 5.41) is 3.57. The van der Waals surface area contributed by atoms with E-state index in [1.54, 1.807) is 0 Å². The quantitative estimate of drug-likeness (QED) is 0.934. The summed E-state index contributed by atoms with van der Waals surface area (Å²) in [6.45, 7) is 0. The predicted molar refractivity (Wildman–Crippen MR) is 87.6 cm³/mol. The summed E-state index contributed by atoms with van der Waals surface area (Å²) in [4.78, 5) is 20.2. The summed E-state index contributed by atoms with van der Waals surface area (Å²) in [6, 6.07) is 9.82. The van der Waals surface area contributed by atoms with Crippen LogP contribution in [0.4, 0.5) is 0 Å². The van der Waals surface area contributed by atoms with Crippen LogP contribution >= 0.6 is 11.6 Å². The lowest BCUT2D eigenvalue weighted by molar-refractivity contribution is 0.0885. The molecule has 1 aromatic carbocycles. The zero-order valence-electron chi connectivity index (χ0n) is 12.6. The lowest BCUT2D eigenvalue weighted by Gasteiger charge is -2.28. The van der Waals surface area contributed by atoms with Crippen molar-refractivity contribution in [1.82, 2.24) is 15.3 Å². The molecule has 1 aromatic heterocycles. The van der Waals surface area contributed by atoms with Crippen LogP contribution < -0.4 is 10.1 Å². The molecule has 120 valence electrons. The van der Waals surface area contributed by atoms with Crippen molar-refractivity contribution in [3.05, 3.63) is 53.3 Å². The second-order valence-electron chi connectivity index (χ2n) is 5.61. The Balaban J connectivity index is 1.47. The zero-order chi connectivity index (χ0) is 16.1. The lowest BCUT2D eigenvalue weighted by Crippen LogP contribution is -2.39. The molecule has 6 heteroatoms. The Bertz CT molecular complexity index is 641. The standard InChI is InChI=1S/C17H18ClN3O2/c18-13-10-19-17(20-11-13)23-15-8-6-14(7-9-15)21-16(22)12-4-2-1-3-5-12/h1-5,10-11,14-15H,6-9H2,(H,21,22). The number of hydrogen-bond acceptors (Lipinski definition) is 4. The number of halogens is 1. The van der Waals surface area contributed by atoms with E-state index in [0.717, 1.165) is 25.7 Å². The first-order valence-electron chi connectivity index (χ1n) is 7.71. The Morgan fingerprint density at radius 1 is 1.09 bits per heavy atom.